The van der Waals surface area contributed by atoms with Crippen LogP contribution in [0.2, 0.25) is 0 Å². The van der Waals surface area contributed by atoms with Crippen molar-refractivity contribution in [2.45, 2.75) is 25.4 Å². The Morgan fingerprint density at radius 2 is 1.74 bits per heavy atom. The molecule has 1 aliphatic heterocycles. The second-order valence-electron chi connectivity index (χ2n) is 6.68. The van der Waals surface area contributed by atoms with Crippen molar-refractivity contribution in [2.24, 2.45) is 5.92 Å². The van der Waals surface area contributed by atoms with Crippen LogP contribution in [0, 0.1) is 5.92 Å². The zero-order valence-corrected chi connectivity index (χ0v) is 13.8. The van der Waals surface area contributed by atoms with Gasteiger partial charge in [0.05, 0.1) is 12.1 Å². The Labute approximate surface area is 139 Å². The monoisotopic (exact) mass is 310 g/mol. The van der Waals surface area contributed by atoms with Crippen molar-refractivity contribution in [2.75, 3.05) is 25.0 Å². The molecule has 23 heavy (non-hydrogen) atoms. The molecule has 2 atom stereocenters. The lowest BCUT2D eigenvalue weighted by atomic mass is 9.79. The van der Waals surface area contributed by atoms with E-state index in [0.29, 0.717) is 5.92 Å². The fraction of sp³-hybridized carbons (Fsp3) is 0.400. The number of aliphatic hydroxyl groups is 1. The van der Waals surface area contributed by atoms with E-state index in [9.17, 15) is 5.11 Å². The molecule has 3 nitrogen and oxygen atoms in total. The molecule has 0 bridgehead atoms. The standard InChI is InChI=1S/C20H26N2O/c1-17-14-22(15-18-8-4-2-5-9-18)13-12-20(17,16-23)21-19-10-6-3-7-11-19/h2-11,17,21,23H,12-16H2,1H3/t17-,20-/m1/s1. The van der Waals surface area contributed by atoms with Crippen LogP contribution in [0.3, 0.4) is 0 Å². The van der Waals surface area contributed by atoms with E-state index in [1.807, 2.05) is 18.2 Å². The minimum absolute atomic E-state index is 0.169. The number of nitrogens with zero attached hydrogens (tertiary/aromatic N) is 1. The van der Waals surface area contributed by atoms with Gasteiger partial charge in [-0.15, -0.1) is 0 Å². The minimum Gasteiger partial charge on any atom is -0.394 e. The fourth-order valence-corrected chi connectivity index (χ4v) is 3.51. The van der Waals surface area contributed by atoms with Crippen LogP contribution in [0.5, 0.6) is 0 Å². The average molecular weight is 310 g/mol. The van der Waals surface area contributed by atoms with Crippen LogP contribution in [-0.4, -0.2) is 35.2 Å². The van der Waals surface area contributed by atoms with Crippen LogP contribution in [0.4, 0.5) is 5.69 Å². The molecule has 0 saturated carbocycles. The summed E-state index contributed by atoms with van der Waals surface area (Å²) in [6, 6.07) is 20.8. The number of nitrogens with one attached hydrogen (secondary N) is 1. The van der Waals surface area contributed by atoms with Gasteiger partial charge in [0.2, 0.25) is 0 Å². The number of hydrogen-bond donors (Lipinski definition) is 2. The Hall–Kier alpha value is -1.84. The molecule has 3 heteroatoms. The molecule has 1 fully saturated rings. The second-order valence-corrected chi connectivity index (χ2v) is 6.68. The van der Waals surface area contributed by atoms with E-state index in [-0.39, 0.29) is 12.1 Å². The maximum absolute atomic E-state index is 10.1. The number of para-hydroxylation sites is 1. The van der Waals surface area contributed by atoms with Crippen molar-refractivity contribution in [3.63, 3.8) is 0 Å². The summed E-state index contributed by atoms with van der Waals surface area (Å²) >= 11 is 0. The van der Waals surface area contributed by atoms with Crippen LogP contribution >= 0.6 is 0 Å². The molecule has 2 aromatic rings. The Bertz CT molecular complexity index is 602. The maximum Gasteiger partial charge on any atom is 0.0665 e. The second kappa shape index (κ2) is 7.16. The van der Waals surface area contributed by atoms with Crippen LogP contribution in [-0.2, 0) is 6.54 Å². The first-order chi connectivity index (χ1) is 11.2. The van der Waals surface area contributed by atoms with E-state index in [2.05, 4.69) is 59.6 Å². The normalized spacial score (nSPS) is 25.2. The van der Waals surface area contributed by atoms with Gasteiger partial charge in [-0.2, -0.15) is 0 Å². The summed E-state index contributed by atoms with van der Waals surface area (Å²) in [7, 11) is 0. The van der Waals surface area contributed by atoms with Gasteiger partial charge in [-0.1, -0.05) is 55.5 Å². The Balaban J connectivity index is 1.66. The molecule has 1 heterocycles. The van der Waals surface area contributed by atoms with Crippen LogP contribution < -0.4 is 5.32 Å². The SMILES string of the molecule is C[C@@H]1CN(Cc2ccccc2)CC[C@]1(CO)Nc1ccccc1. The van der Waals surface area contributed by atoms with Gasteiger partial charge in [0, 0.05) is 25.3 Å². The third-order valence-electron chi connectivity index (χ3n) is 5.05. The van der Waals surface area contributed by atoms with E-state index >= 15 is 0 Å². The van der Waals surface area contributed by atoms with E-state index < -0.39 is 0 Å². The quantitative estimate of drug-likeness (QED) is 0.889. The van der Waals surface area contributed by atoms with Crippen LogP contribution in [0.15, 0.2) is 60.7 Å². The van der Waals surface area contributed by atoms with Gasteiger partial charge in [0.25, 0.3) is 0 Å². The van der Waals surface area contributed by atoms with Gasteiger partial charge in [-0.05, 0) is 30.0 Å². The number of likely N-dealkylation sites (tertiary alicyclic amines) is 1. The van der Waals surface area contributed by atoms with Crippen molar-refractivity contribution in [3.05, 3.63) is 66.2 Å². The third-order valence-corrected chi connectivity index (χ3v) is 5.05. The largest absolute Gasteiger partial charge is 0.394 e. The number of anilines is 1. The van der Waals surface area contributed by atoms with Gasteiger partial charge < -0.3 is 10.4 Å². The zero-order chi connectivity index (χ0) is 16.1. The number of hydrogen-bond acceptors (Lipinski definition) is 3. The van der Waals surface area contributed by atoms with Gasteiger partial charge in [0.15, 0.2) is 0 Å². The fourth-order valence-electron chi connectivity index (χ4n) is 3.51. The van der Waals surface area contributed by atoms with Crippen molar-refractivity contribution in [3.8, 4) is 0 Å². The zero-order valence-electron chi connectivity index (χ0n) is 13.8. The topological polar surface area (TPSA) is 35.5 Å². The molecule has 0 spiro atoms. The van der Waals surface area contributed by atoms with Gasteiger partial charge in [-0.3, -0.25) is 4.90 Å². The average Bonchev–Trinajstić information content (AvgIpc) is 2.59. The lowest BCUT2D eigenvalue weighted by Gasteiger charge is -2.46. The van der Waals surface area contributed by atoms with E-state index in [1.165, 1.54) is 5.56 Å². The number of aliphatic hydroxyl groups excluding tert-OH is 1. The molecule has 2 N–H and O–H groups in total. The van der Waals surface area contributed by atoms with Crippen molar-refractivity contribution < 1.29 is 5.11 Å². The third kappa shape index (κ3) is 3.74. The van der Waals surface area contributed by atoms with E-state index in [4.69, 9.17) is 0 Å². The molecule has 2 aromatic carbocycles. The molecule has 0 aromatic heterocycles. The van der Waals surface area contributed by atoms with Crippen molar-refractivity contribution in [1.82, 2.24) is 4.90 Å². The van der Waals surface area contributed by atoms with Crippen LogP contribution in [0.25, 0.3) is 0 Å². The predicted molar refractivity (Wildman–Crippen MR) is 95.4 cm³/mol. The Morgan fingerprint density at radius 1 is 1.09 bits per heavy atom. The molecular formula is C20H26N2O. The van der Waals surface area contributed by atoms with Gasteiger partial charge in [-0.25, -0.2) is 0 Å². The molecule has 0 radical (unpaired) electrons. The summed E-state index contributed by atoms with van der Waals surface area (Å²) in [5.41, 5.74) is 2.21. The molecule has 3 rings (SSSR count). The summed E-state index contributed by atoms with van der Waals surface area (Å²) in [5, 5.41) is 13.7. The highest BCUT2D eigenvalue weighted by Crippen LogP contribution is 2.32. The molecule has 1 aliphatic rings. The summed E-state index contributed by atoms with van der Waals surface area (Å²) < 4.78 is 0. The molecule has 0 amide bonds. The number of benzene rings is 2. The summed E-state index contributed by atoms with van der Waals surface area (Å²) in [6.07, 6.45) is 0.951. The van der Waals surface area contributed by atoms with Crippen molar-refractivity contribution in [1.29, 1.82) is 0 Å². The maximum atomic E-state index is 10.1. The number of piperidine rings is 1. The Kier molecular flexibility index (Phi) is 4.99. The van der Waals surface area contributed by atoms with Gasteiger partial charge >= 0.3 is 0 Å². The summed E-state index contributed by atoms with van der Waals surface area (Å²) in [5.74, 6) is 0.380. The Morgan fingerprint density at radius 3 is 2.35 bits per heavy atom. The van der Waals surface area contributed by atoms with Crippen LogP contribution in [0.1, 0.15) is 18.9 Å². The highest BCUT2D eigenvalue weighted by molar-refractivity contribution is 5.45. The lowest BCUT2D eigenvalue weighted by Crippen LogP contribution is -2.57. The molecule has 0 aliphatic carbocycles. The first-order valence-electron chi connectivity index (χ1n) is 8.42. The van der Waals surface area contributed by atoms with Gasteiger partial charge in [0.1, 0.15) is 0 Å². The molecular weight excluding hydrogens is 284 g/mol. The van der Waals surface area contributed by atoms with E-state index in [1.54, 1.807) is 0 Å². The number of rotatable bonds is 5. The summed E-state index contributed by atoms with van der Waals surface area (Å²) in [6.45, 7) is 5.39. The first-order valence-corrected chi connectivity index (χ1v) is 8.42. The smallest absolute Gasteiger partial charge is 0.0665 e. The van der Waals surface area contributed by atoms with E-state index in [0.717, 1.165) is 31.7 Å². The molecule has 0 unspecified atom stereocenters. The molecule has 1 saturated heterocycles. The first kappa shape index (κ1) is 16.0. The molecule has 122 valence electrons. The lowest BCUT2D eigenvalue weighted by molar-refractivity contribution is 0.0681. The minimum atomic E-state index is -0.228. The highest BCUT2D eigenvalue weighted by Gasteiger charge is 2.40. The summed E-state index contributed by atoms with van der Waals surface area (Å²) in [4.78, 5) is 2.49. The predicted octanol–water partition coefficient (Wildman–Crippen LogP) is 3.37. The highest BCUT2D eigenvalue weighted by atomic mass is 16.3. The van der Waals surface area contributed by atoms with Crippen molar-refractivity contribution >= 4 is 5.69 Å².